The van der Waals surface area contributed by atoms with E-state index in [1.165, 1.54) is 0 Å². The summed E-state index contributed by atoms with van der Waals surface area (Å²) >= 11 is 0. The van der Waals surface area contributed by atoms with E-state index < -0.39 is 0 Å². The van der Waals surface area contributed by atoms with Crippen LogP contribution in [0.1, 0.15) is 19.6 Å². The van der Waals surface area contributed by atoms with Crippen LogP contribution in [0.3, 0.4) is 0 Å². The van der Waals surface area contributed by atoms with Crippen LogP contribution in [-0.4, -0.2) is 11.3 Å². The molecule has 1 rings (SSSR count). The molecule has 10 heavy (non-hydrogen) atoms. The third-order valence-electron chi connectivity index (χ3n) is 0.963. The molecule has 0 saturated carbocycles. The fourth-order valence-corrected chi connectivity index (χ4v) is 0.641. The van der Waals surface area contributed by atoms with Gasteiger partial charge in [-0.2, -0.15) is 0 Å². The Bertz CT molecular complexity index is 205. The molecule has 0 aliphatic carbocycles. The molecule has 0 unspecified atom stereocenters. The molecule has 1 aromatic rings. The molecule has 0 saturated heterocycles. The number of hydrogen-bond donors (Lipinski definition) is 0. The van der Waals surface area contributed by atoms with Gasteiger partial charge in [0.1, 0.15) is 5.76 Å². The van der Waals surface area contributed by atoms with Crippen molar-refractivity contribution >= 4 is 0 Å². The topological polar surface area (TPSA) is 35.3 Å². The van der Waals surface area contributed by atoms with Crippen molar-refractivity contribution in [3.63, 3.8) is 0 Å². The Hall–Kier alpha value is -0.990. The molecule has 0 aliphatic heterocycles. The molecule has 0 bridgehead atoms. The van der Waals surface area contributed by atoms with Gasteiger partial charge >= 0.3 is 0 Å². The first-order valence-electron chi connectivity index (χ1n) is 3.28. The Morgan fingerprint density at radius 2 is 2.30 bits per heavy atom. The molecule has 0 radical (unpaired) electrons. The Kier molecular flexibility index (Phi) is 1.94. The number of nitrogens with zero attached hydrogens (tertiary/aromatic N) is 1. The maximum atomic E-state index is 5.23. The van der Waals surface area contributed by atoms with E-state index in [1.807, 2.05) is 20.8 Å². The van der Waals surface area contributed by atoms with Gasteiger partial charge in [-0.25, -0.2) is 0 Å². The van der Waals surface area contributed by atoms with Crippen molar-refractivity contribution in [2.75, 3.05) is 0 Å². The zero-order chi connectivity index (χ0) is 7.56. The summed E-state index contributed by atoms with van der Waals surface area (Å²) in [5, 5.41) is 3.66. The lowest BCUT2D eigenvalue weighted by atomic mass is 10.5. The third kappa shape index (κ3) is 1.76. The SMILES string of the molecule is Cc1cc(OC(C)C)no1. The van der Waals surface area contributed by atoms with E-state index in [4.69, 9.17) is 9.26 Å². The first-order chi connectivity index (χ1) is 4.68. The molecular formula is C7H11NO2. The van der Waals surface area contributed by atoms with Crippen LogP contribution >= 0.6 is 0 Å². The minimum absolute atomic E-state index is 0.157. The molecular weight excluding hydrogens is 130 g/mol. The highest BCUT2D eigenvalue weighted by Crippen LogP contribution is 2.10. The van der Waals surface area contributed by atoms with Crippen LogP contribution in [-0.2, 0) is 0 Å². The minimum atomic E-state index is 0.157. The third-order valence-corrected chi connectivity index (χ3v) is 0.963. The van der Waals surface area contributed by atoms with Gasteiger partial charge in [-0.3, -0.25) is 0 Å². The molecule has 1 heterocycles. The number of aromatic nitrogens is 1. The summed E-state index contributed by atoms with van der Waals surface area (Å²) in [6.45, 7) is 5.73. The smallest absolute Gasteiger partial charge is 0.254 e. The quantitative estimate of drug-likeness (QED) is 0.629. The molecule has 3 heteroatoms. The van der Waals surface area contributed by atoms with Crippen molar-refractivity contribution < 1.29 is 9.26 Å². The van der Waals surface area contributed by atoms with Crippen molar-refractivity contribution in [2.24, 2.45) is 0 Å². The van der Waals surface area contributed by atoms with Crippen LogP contribution in [0.15, 0.2) is 10.6 Å². The molecule has 0 N–H and O–H groups in total. The monoisotopic (exact) mass is 141 g/mol. The van der Waals surface area contributed by atoms with Gasteiger partial charge in [0.25, 0.3) is 5.88 Å². The number of hydrogen-bond acceptors (Lipinski definition) is 3. The largest absolute Gasteiger partial charge is 0.473 e. The highest BCUT2D eigenvalue weighted by Gasteiger charge is 2.01. The highest BCUT2D eigenvalue weighted by molar-refractivity contribution is 5.09. The van der Waals surface area contributed by atoms with Crippen LogP contribution in [0.25, 0.3) is 0 Å². The van der Waals surface area contributed by atoms with Crippen molar-refractivity contribution in [1.29, 1.82) is 0 Å². The van der Waals surface area contributed by atoms with Crippen LogP contribution in [0.2, 0.25) is 0 Å². The van der Waals surface area contributed by atoms with Gasteiger partial charge in [0, 0.05) is 6.07 Å². The highest BCUT2D eigenvalue weighted by atomic mass is 16.5. The lowest BCUT2D eigenvalue weighted by Crippen LogP contribution is -2.05. The van der Waals surface area contributed by atoms with Crippen molar-refractivity contribution in [2.45, 2.75) is 26.9 Å². The molecule has 1 aromatic heterocycles. The fraction of sp³-hybridized carbons (Fsp3) is 0.571. The fourth-order valence-electron chi connectivity index (χ4n) is 0.641. The average molecular weight is 141 g/mol. The zero-order valence-electron chi connectivity index (χ0n) is 6.42. The molecule has 56 valence electrons. The standard InChI is InChI=1S/C7H11NO2/c1-5(2)9-7-4-6(3)10-8-7/h4-5H,1-3H3. The van der Waals surface area contributed by atoms with Gasteiger partial charge in [-0.1, -0.05) is 0 Å². The molecule has 0 aromatic carbocycles. The van der Waals surface area contributed by atoms with Gasteiger partial charge in [0.15, 0.2) is 0 Å². The van der Waals surface area contributed by atoms with E-state index in [-0.39, 0.29) is 6.10 Å². The molecule has 0 amide bonds. The minimum Gasteiger partial charge on any atom is -0.473 e. The Morgan fingerprint density at radius 3 is 2.70 bits per heavy atom. The lowest BCUT2D eigenvalue weighted by molar-refractivity contribution is 0.217. The second-order valence-corrected chi connectivity index (χ2v) is 2.44. The zero-order valence-corrected chi connectivity index (χ0v) is 6.42. The summed E-state index contributed by atoms with van der Waals surface area (Å²) in [7, 11) is 0. The normalized spacial score (nSPS) is 10.4. The molecule has 0 atom stereocenters. The number of rotatable bonds is 2. The van der Waals surface area contributed by atoms with E-state index in [0.29, 0.717) is 5.88 Å². The maximum absolute atomic E-state index is 5.23. The maximum Gasteiger partial charge on any atom is 0.254 e. The lowest BCUT2D eigenvalue weighted by Gasteiger charge is -2.02. The van der Waals surface area contributed by atoms with Crippen molar-refractivity contribution in [1.82, 2.24) is 5.16 Å². The van der Waals surface area contributed by atoms with E-state index in [0.717, 1.165) is 5.76 Å². The first kappa shape index (κ1) is 7.12. The Labute approximate surface area is 60.0 Å². The predicted molar refractivity (Wildman–Crippen MR) is 37.0 cm³/mol. The van der Waals surface area contributed by atoms with Crippen LogP contribution in [0.5, 0.6) is 5.88 Å². The summed E-state index contributed by atoms with van der Waals surface area (Å²) in [5.41, 5.74) is 0. The second kappa shape index (κ2) is 2.73. The van der Waals surface area contributed by atoms with Crippen LogP contribution in [0, 0.1) is 6.92 Å². The Balaban J connectivity index is 2.58. The summed E-state index contributed by atoms with van der Waals surface area (Å²) < 4.78 is 10.0. The molecule has 0 spiro atoms. The van der Waals surface area contributed by atoms with Crippen molar-refractivity contribution in [3.05, 3.63) is 11.8 Å². The Morgan fingerprint density at radius 1 is 1.60 bits per heavy atom. The van der Waals surface area contributed by atoms with Gasteiger partial charge in [0.05, 0.1) is 6.10 Å². The predicted octanol–water partition coefficient (Wildman–Crippen LogP) is 1.77. The summed E-state index contributed by atoms with van der Waals surface area (Å²) in [4.78, 5) is 0. The summed E-state index contributed by atoms with van der Waals surface area (Å²) in [6, 6.07) is 1.76. The van der Waals surface area contributed by atoms with Crippen molar-refractivity contribution in [3.8, 4) is 5.88 Å². The van der Waals surface area contributed by atoms with E-state index >= 15 is 0 Å². The van der Waals surface area contributed by atoms with Gasteiger partial charge in [0.2, 0.25) is 0 Å². The number of aryl methyl sites for hydroxylation is 1. The van der Waals surface area contributed by atoms with Gasteiger partial charge < -0.3 is 9.26 Å². The second-order valence-electron chi connectivity index (χ2n) is 2.44. The number of ether oxygens (including phenoxy) is 1. The summed E-state index contributed by atoms with van der Waals surface area (Å²) in [6.07, 6.45) is 0.157. The first-order valence-corrected chi connectivity index (χ1v) is 3.28. The average Bonchev–Trinajstić information content (AvgIpc) is 2.13. The van der Waals surface area contributed by atoms with E-state index in [2.05, 4.69) is 5.16 Å². The molecule has 0 fully saturated rings. The summed E-state index contributed by atoms with van der Waals surface area (Å²) in [5.74, 6) is 1.34. The molecule has 0 aliphatic rings. The molecule has 3 nitrogen and oxygen atoms in total. The van der Waals surface area contributed by atoms with E-state index in [1.54, 1.807) is 6.07 Å². The van der Waals surface area contributed by atoms with Crippen LogP contribution in [0.4, 0.5) is 0 Å². The van der Waals surface area contributed by atoms with Gasteiger partial charge in [-0.15, -0.1) is 0 Å². The van der Waals surface area contributed by atoms with E-state index in [9.17, 15) is 0 Å². The van der Waals surface area contributed by atoms with Gasteiger partial charge in [-0.05, 0) is 25.9 Å². The van der Waals surface area contributed by atoms with Crippen LogP contribution < -0.4 is 4.74 Å².